The maximum Gasteiger partial charge on any atom is 0.235 e. The largest absolute Gasteiger partial charge is 0.310 e. The summed E-state index contributed by atoms with van der Waals surface area (Å²) < 4.78 is 3.57. The summed E-state index contributed by atoms with van der Waals surface area (Å²) in [6.07, 6.45) is 3.60. The molecule has 0 bridgehead atoms. The van der Waals surface area contributed by atoms with Crippen LogP contribution in [0.4, 0.5) is 5.82 Å². The molecule has 3 aromatic rings. The van der Waals surface area contributed by atoms with Gasteiger partial charge in [0.05, 0.1) is 22.9 Å². The average molecular weight is 354 g/mol. The van der Waals surface area contributed by atoms with E-state index < -0.39 is 0 Å². The Labute approximate surface area is 149 Å². The molecule has 4 heterocycles. The minimum absolute atomic E-state index is 0.000104. The predicted octanol–water partition coefficient (Wildman–Crippen LogP) is 2.39. The molecular weight excluding hydrogens is 336 g/mol. The van der Waals surface area contributed by atoms with Gasteiger partial charge in [-0.05, 0) is 26.0 Å². The van der Waals surface area contributed by atoms with Crippen molar-refractivity contribution in [2.24, 2.45) is 7.05 Å². The van der Waals surface area contributed by atoms with Gasteiger partial charge in [0, 0.05) is 30.1 Å². The zero-order valence-corrected chi connectivity index (χ0v) is 15.0. The van der Waals surface area contributed by atoms with Crippen molar-refractivity contribution in [1.29, 1.82) is 0 Å². The predicted molar refractivity (Wildman–Crippen MR) is 97.0 cm³/mol. The summed E-state index contributed by atoms with van der Waals surface area (Å²) in [5.41, 5.74) is 4.08. The number of carbonyl (C=O) groups excluding carboxylic acids is 1. The lowest BCUT2D eigenvalue weighted by Gasteiger charge is -2.14. The Morgan fingerprint density at radius 3 is 2.84 bits per heavy atom. The van der Waals surface area contributed by atoms with Gasteiger partial charge < -0.3 is 5.32 Å². The minimum Gasteiger partial charge on any atom is -0.310 e. The van der Waals surface area contributed by atoms with Crippen LogP contribution in [0.5, 0.6) is 0 Å². The van der Waals surface area contributed by atoms with Crippen LogP contribution in [0, 0.1) is 13.8 Å². The Morgan fingerprint density at radius 2 is 2.16 bits per heavy atom. The molecule has 1 amide bonds. The van der Waals surface area contributed by atoms with Crippen molar-refractivity contribution in [3.05, 3.63) is 53.1 Å². The van der Waals surface area contributed by atoms with Crippen LogP contribution in [0.3, 0.4) is 0 Å². The van der Waals surface area contributed by atoms with Gasteiger partial charge in [-0.25, -0.2) is 4.98 Å². The molecule has 8 heteroatoms. The smallest absolute Gasteiger partial charge is 0.235 e. The highest BCUT2D eigenvalue weighted by atomic mass is 32.2. The first-order chi connectivity index (χ1) is 12.1. The molecule has 1 aliphatic rings. The fourth-order valence-corrected chi connectivity index (χ4v) is 4.30. The summed E-state index contributed by atoms with van der Waals surface area (Å²) >= 11 is 1.60. The molecule has 0 aromatic carbocycles. The lowest BCUT2D eigenvalue weighted by Crippen LogP contribution is -2.16. The Morgan fingerprint density at radius 1 is 1.32 bits per heavy atom. The standard InChI is InChI=1S/C17H18N6OS/c1-10-15-16(12-8-19-22(3)11(12)2)25-9-14(24)20-17(15)23(21-10)13-6-4-5-7-18-13/h4-8,16H,9H2,1-3H3,(H,20,24). The van der Waals surface area contributed by atoms with Crippen molar-refractivity contribution >= 4 is 23.5 Å². The number of carbonyl (C=O) groups is 1. The van der Waals surface area contributed by atoms with Gasteiger partial charge in [-0.2, -0.15) is 14.9 Å². The molecule has 25 heavy (non-hydrogen) atoms. The molecule has 0 saturated heterocycles. The van der Waals surface area contributed by atoms with Crippen LogP contribution in [0.25, 0.3) is 5.82 Å². The number of pyridine rings is 1. The Hall–Kier alpha value is -2.61. The van der Waals surface area contributed by atoms with Gasteiger partial charge >= 0.3 is 0 Å². The molecule has 128 valence electrons. The first-order valence-electron chi connectivity index (χ1n) is 7.97. The molecule has 1 N–H and O–H groups in total. The monoisotopic (exact) mass is 354 g/mol. The molecule has 4 rings (SSSR count). The van der Waals surface area contributed by atoms with Gasteiger partial charge in [0.15, 0.2) is 5.82 Å². The highest BCUT2D eigenvalue weighted by Gasteiger charge is 2.32. The third-order valence-corrected chi connectivity index (χ3v) is 5.68. The van der Waals surface area contributed by atoms with Crippen molar-refractivity contribution in [3.63, 3.8) is 0 Å². The fraction of sp³-hybridized carbons (Fsp3) is 0.294. The normalized spacial score (nSPS) is 17.1. The summed E-state index contributed by atoms with van der Waals surface area (Å²) in [5, 5.41) is 12.0. The van der Waals surface area contributed by atoms with Crippen molar-refractivity contribution in [1.82, 2.24) is 24.5 Å². The van der Waals surface area contributed by atoms with Gasteiger partial charge in [0.2, 0.25) is 5.91 Å². The quantitative estimate of drug-likeness (QED) is 0.765. The summed E-state index contributed by atoms with van der Waals surface area (Å²) in [6.45, 7) is 4.01. The SMILES string of the molecule is Cc1nn(-c2ccccn2)c2c1C(c1cnn(C)c1C)SCC(=O)N2. The number of hydrogen-bond donors (Lipinski definition) is 1. The highest BCUT2D eigenvalue weighted by Crippen LogP contribution is 2.44. The Kier molecular flexibility index (Phi) is 3.84. The number of nitrogens with one attached hydrogen (secondary N) is 1. The third kappa shape index (κ3) is 2.62. The van der Waals surface area contributed by atoms with Crippen molar-refractivity contribution in [2.75, 3.05) is 11.1 Å². The molecule has 3 aromatic heterocycles. The van der Waals surface area contributed by atoms with E-state index in [1.165, 1.54) is 0 Å². The van der Waals surface area contributed by atoms with E-state index in [-0.39, 0.29) is 11.2 Å². The summed E-state index contributed by atoms with van der Waals surface area (Å²) in [7, 11) is 1.93. The topological polar surface area (TPSA) is 77.6 Å². The summed E-state index contributed by atoms with van der Waals surface area (Å²) in [5.74, 6) is 1.72. The van der Waals surface area contributed by atoms with Gasteiger partial charge in [-0.1, -0.05) is 6.07 Å². The van der Waals surface area contributed by atoms with E-state index in [2.05, 4.69) is 20.5 Å². The third-order valence-electron chi connectivity index (χ3n) is 4.43. The molecular formula is C17H18N6OS. The van der Waals surface area contributed by atoms with Crippen LogP contribution in [-0.4, -0.2) is 36.2 Å². The van der Waals surface area contributed by atoms with E-state index in [1.54, 1.807) is 22.6 Å². The number of fused-ring (bicyclic) bond motifs is 1. The number of aryl methyl sites for hydroxylation is 2. The second kappa shape index (κ2) is 6.03. The molecule has 0 saturated carbocycles. The number of nitrogens with zero attached hydrogens (tertiary/aromatic N) is 5. The molecule has 7 nitrogen and oxygen atoms in total. The van der Waals surface area contributed by atoms with Crippen LogP contribution in [0.1, 0.15) is 27.8 Å². The van der Waals surface area contributed by atoms with Crippen LogP contribution < -0.4 is 5.32 Å². The number of hydrogen-bond acceptors (Lipinski definition) is 5. The maximum absolute atomic E-state index is 12.3. The number of aromatic nitrogens is 5. The molecule has 1 aliphatic heterocycles. The summed E-state index contributed by atoms with van der Waals surface area (Å²) in [4.78, 5) is 16.7. The molecule has 1 atom stereocenters. The molecule has 0 aliphatic carbocycles. The van der Waals surface area contributed by atoms with Gasteiger partial charge in [0.1, 0.15) is 5.82 Å². The number of rotatable bonds is 2. The zero-order valence-electron chi connectivity index (χ0n) is 14.2. The van der Waals surface area contributed by atoms with Crippen molar-refractivity contribution in [3.8, 4) is 5.82 Å². The second-order valence-electron chi connectivity index (χ2n) is 6.00. The molecule has 0 radical (unpaired) electrons. The lowest BCUT2D eigenvalue weighted by molar-refractivity contribution is -0.113. The second-order valence-corrected chi connectivity index (χ2v) is 7.09. The first kappa shape index (κ1) is 15.9. The lowest BCUT2D eigenvalue weighted by atomic mass is 10.1. The van der Waals surface area contributed by atoms with E-state index in [4.69, 9.17) is 0 Å². The fourth-order valence-electron chi connectivity index (χ4n) is 3.05. The van der Waals surface area contributed by atoms with Gasteiger partial charge in [-0.15, -0.1) is 11.8 Å². The minimum atomic E-state index is -0.0348. The Balaban J connectivity index is 1.92. The zero-order chi connectivity index (χ0) is 17.6. The van der Waals surface area contributed by atoms with Crippen molar-refractivity contribution in [2.45, 2.75) is 19.1 Å². The number of amides is 1. The Bertz CT molecular complexity index is 946. The summed E-state index contributed by atoms with van der Waals surface area (Å²) in [6, 6.07) is 5.64. The number of anilines is 1. The number of thioether (sulfide) groups is 1. The van der Waals surface area contributed by atoms with E-state index in [0.29, 0.717) is 17.4 Å². The van der Waals surface area contributed by atoms with Crippen LogP contribution in [-0.2, 0) is 11.8 Å². The average Bonchev–Trinajstić information content (AvgIpc) is 3.04. The van der Waals surface area contributed by atoms with Crippen molar-refractivity contribution < 1.29 is 4.79 Å². The van der Waals surface area contributed by atoms with Crippen LogP contribution in [0.15, 0.2) is 30.6 Å². The van der Waals surface area contributed by atoms with E-state index in [9.17, 15) is 4.79 Å². The van der Waals surface area contributed by atoms with Crippen LogP contribution in [0.2, 0.25) is 0 Å². The van der Waals surface area contributed by atoms with Gasteiger partial charge in [-0.3, -0.25) is 9.48 Å². The maximum atomic E-state index is 12.3. The molecule has 0 fully saturated rings. The van der Waals surface area contributed by atoms with Crippen LogP contribution >= 0.6 is 11.8 Å². The van der Waals surface area contributed by atoms with E-state index >= 15 is 0 Å². The van der Waals surface area contributed by atoms with E-state index in [1.807, 2.05) is 50.0 Å². The molecule has 1 unspecified atom stereocenters. The van der Waals surface area contributed by atoms with Gasteiger partial charge in [0.25, 0.3) is 0 Å². The van der Waals surface area contributed by atoms with E-state index in [0.717, 1.165) is 22.5 Å². The first-order valence-corrected chi connectivity index (χ1v) is 9.02. The molecule has 0 spiro atoms. The highest BCUT2D eigenvalue weighted by molar-refractivity contribution is 8.00.